The van der Waals surface area contributed by atoms with Crippen molar-refractivity contribution in [2.75, 3.05) is 14.1 Å². The van der Waals surface area contributed by atoms with E-state index in [9.17, 15) is 19.4 Å². The van der Waals surface area contributed by atoms with E-state index >= 15 is 0 Å². The summed E-state index contributed by atoms with van der Waals surface area (Å²) in [5.74, 6) is -1.39. The van der Waals surface area contributed by atoms with Crippen molar-refractivity contribution in [3.63, 3.8) is 0 Å². The van der Waals surface area contributed by atoms with Gasteiger partial charge in [-0.3, -0.25) is 4.79 Å². The number of hydrogen-bond acceptors (Lipinski definition) is 4. The van der Waals surface area contributed by atoms with Gasteiger partial charge < -0.3 is 20.4 Å². The van der Waals surface area contributed by atoms with E-state index in [1.807, 2.05) is 19.0 Å². The average molecular weight is 318 g/mol. The second-order valence-electron chi connectivity index (χ2n) is 5.55. The van der Waals surface area contributed by atoms with Crippen LogP contribution in [-0.2, 0) is 13.1 Å². The SMILES string of the molecule is CN(C)Cc1ccc(CNC(=O)c2ccc(O)c(O)c2)cc1F. The summed E-state index contributed by atoms with van der Waals surface area (Å²) in [4.78, 5) is 13.8. The highest BCUT2D eigenvalue weighted by Crippen LogP contribution is 2.24. The van der Waals surface area contributed by atoms with Gasteiger partial charge in [0.15, 0.2) is 11.5 Å². The Balaban J connectivity index is 2.01. The maximum absolute atomic E-state index is 14.0. The topological polar surface area (TPSA) is 72.8 Å². The molecule has 0 heterocycles. The van der Waals surface area contributed by atoms with Gasteiger partial charge in [-0.15, -0.1) is 0 Å². The van der Waals surface area contributed by atoms with Gasteiger partial charge in [-0.2, -0.15) is 0 Å². The van der Waals surface area contributed by atoms with Crippen molar-refractivity contribution in [3.05, 3.63) is 58.9 Å². The van der Waals surface area contributed by atoms with Crippen LogP contribution in [0.15, 0.2) is 36.4 Å². The van der Waals surface area contributed by atoms with Crippen LogP contribution in [0.5, 0.6) is 11.5 Å². The van der Waals surface area contributed by atoms with E-state index in [-0.39, 0.29) is 29.4 Å². The highest BCUT2D eigenvalue weighted by Gasteiger charge is 2.10. The van der Waals surface area contributed by atoms with Crippen molar-refractivity contribution in [1.82, 2.24) is 10.2 Å². The third-order valence-electron chi connectivity index (χ3n) is 3.29. The molecule has 0 fully saturated rings. The highest BCUT2D eigenvalue weighted by molar-refractivity contribution is 5.94. The van der Waals surface area contributed by atoms with E-state index in [0.717, 1.165) is 0 Å². The molecule has 0 atom stereocenters. The Morgan fingerprint density at radius 1 is 1.13 bits per heavy atom. The van der Waals surface area contributed by atoms with Crippen molar-refractivity contribution in [2.45, 2.75) is 13.1 Å². The van der Waals surface area contributed by atoms with Gasteiger partial charge in [-0.25, -0.2) is 4.39 Å². The molecule has 0 saturated heterocycles. The predicted molar refractivity (Wildman–Crippen MR) is 84.7 cm³/mol. The third kappa shape index (κ3) is 4.43. The monoisotopic (exact) mass is 318 g/mol. The van der Waals surface area contributed by atoms with Gasteiger partial charge in [-0.05, 0) is 43.9 Å². The molecule has 0 aromatic heterocycles. The first-order valence-corrected chi connectivity index (χ1v) is 7.09. The van der Waals surface area contributed by atoms with Crippen molar-refractivity contribution >= 4 is 5.91 Å². The molecule has 2 aromatic carbocycles. The molecule has 3 N–H and O–H groups in total. The number of carbonyl (C=O) groups excluding carboxylic acids is 1. The Kier molecular flexibility index (Phi) is 5.18. The summed E-state index contributed by atoms with van der Waals surface area (Å²) in [6.07, 6.45) is 0. The van der Waals surface area contributed by atoms with E-state index in [4.69, 9.17) is 0 Å². The minimum atomic E-state index is -0.418. The molecular formula is C17H19FN2O3. The molecule has 2 rings (SSSR count). The van der Waals surface area contributed by atoms with Crippen LogP contribution in [0.3, 0.4) is 0 Å². The number of nitrogens with zero attached hydrogens (tertiary/aromatic N) is 1. The molecule has 6 heteroatoms. The molecule has 1 amide bonds. The molecule has 0 radical (unpaired) electrons. The number of hydrogen-bond donors (Lipinski definition) is 3. The number of rotatable bonds is 5. The van der Waals surface area contributed by atoms with E-state index < -0.39 is 5.91 Å². The van der Waals surface area contributed by atoms with Crippen molar-refractivity contribution in [2.24, 2.45) is 0 Å². The van der Waals surface area contributed by atoms with E-state index in [0.29, 0.717) is 17.7 Å². The van der Waals surface area contributed by atoms with Crippen LogP contribution in [0.4, 0.5) is 4.39 Å². The Hall–Kier alpha value is -2.60. The Morgan fingerprint density at radius 2 is 1.87 bits per heavy atom. The van der Waals surface area contributed by atoms with Crippen molar-refractivity contribution in [1.29, 1.82) is 0 Å². The second-order valence-corrected chi connectivity index (χ2v) is 5.55. The van der Waals surface area contributed by atoms with Gasteiger partial charge in [0.05, 0.1) is 0 Å². The first-order valence-electron chi connectivity index (χ1n) is 7.09. The van der Waals surface area contributed by atoms with Gasteiger partial charge in [0.25, 0.3) is 5.91 Å². The van der Waals surface area contributed by atoms with Crippen LogP contribution in [0.1, 0.15) is 21.5 Å². The molecule has 0 bridgehead atoms. The fourth-order valence-corrected chi connectivity index (χ4v) is 2.12. The van der Waals surface area contributed by atoms with Crippen molar-refractivity contribution < 1.29 is 19.4 Å². The Labute approximate surface area is 134 Å². The number of carbonyl (C=O) groups is 1. The predicted octanol–water partition coefficient (Wildman–Crippen LogP) is 2.23. The maximum Gasteiger partial charge on any atom is 0.251 e. The lowest BCUT2D eigenvalue weighted by atomic mass is 10.1. The molecule has 0 spiro atoms. The number of phenolic OH excluding ortho intramolecular Hbond substituents is 2. The first kappa shape index (κ1) is 16.8. The normalized spacial score (nSPS) is 10.8. The molecule has 122 valence electrons. The molecule has 2 aromatic rings. The molecular weight excluding hydrogens is 299 g/mol. The molecule has 0 aliphatic carbocycles. The number of amides is 1. The van der Waals surface area contributed by atoms with E-state index in [2.05, 4.69) is 5.32 Å². The zero-order valence-corrected chi connectivity index (χ0v) is 13.0. The number of halogens is 1. The van der Waals surface area contributed by atoms with Crippen LogP contribution in [0, 0.1) is 5.82 Å². The molecule has 0 saturated carbocycles. The lowest BCUT2D eigenvalue weighted by Gasteiger charge is -2.12. The standard InChI is InChI=1S/C17H19FN2O3/c1-20(2)10-13-4-3-11(7-14(13)18)9-19-17(23)12-5-6-15(21)16(22)8-12/h3-8,21-22H,9-10H2,1-2H3,(H,19,23). The second kappa shape index (κ2) is 7.11. The van der Waals surface area contributed by atoms with Gasteiger partial charge in [-0.1, -0.05) is 12.1 Å². The zero-order chi connectivity index (χ0) is 17.0. The quantitative estimate of drug-likeness (QED) is 0.739. The summed E-state index contributed by atoms with van der Waals surface area (Å²) in [7, 11) is 3.72. The number of phenols is 2. The number of benzene rings is 2. The summed E-state index contributed by atoms with van der Waals surface area (Å²) in [5, 5.41) is 21.3. The largest absolute Gasteiger partial charge is 0.504 e. The smallest absolute Gasteiger partial charge is 0.251 e. The minimum Gasteiger partial charge on any atom is -0.504 e. The third-order valence-corrected chi connectivity index (χ3v) is 3.29. The summed E-state index contributed by atoms with van der Waals surface area (Å²) < 4.78 is 14.0. The summed E-state index contributed by atoms with van der Waals surface area (Å²) in [5.41, 5.74) is 1.44. The lowest BCUT2D eigenvalue weighted by Crippen LogP contribution is -2.22. The highest BCUT2D eigenvalue weighted by atomic mass is 19.1. The Bertz CT molecular complexity index is 717. The molecule has 23 heavy (non-hydrogen) atoms. The number of nitrogens with one attached hydrogen (secondary N) is 1. The van der Waals surface area contributed by atoms with Crippen LogP contribution in [0.25, 0.3) is 0 Å². The van der Waals surface area contributed by atoms with Crippen LogP contribution in [-0.4, -0.2) is 35.1 Å². The molecule has 0 aliphatic rings. The first-order chi connectivity index (χ1) is 10.9. The maximum atomic E-state index is 14.0. The van der Waals surface area contributed by atoms with Crippen LogP contribution >= 0.6 is 0 Å². The summed E-state index contributed by atoms with van der Waals surface area (Å²) in [6.45, 7) is 0.672. The van der Waals surface area contributed by atoms with E-state index in [1.54, 1.807) is 12.1 Å². The zero-order valence-electron chi connectivity index (χ0n) is 13.0. The van der Waals surface area contributed by atoms with Crippen LogP contribution < -0.4 is 5.32 Å². The average Bonchev–Trinajstić information content (AvgIpc) is 2.49. The summed E-state index contributed by atoms with van der Waals surface area (Å²) >= 11 is 0. The molecule has 0 unspecified atom stereocenters. The van der Waals surface area contributed by atoms with Gasteiger partial charge in [0.2, 0.25) is 0 Å². The van der Waals surface area contributed by atoms with Crippen LogP contribution in [0.2, 0.25) is 0 Å². The summed E-state index contributed by atoms with van der Waals surface area (Å²) in [6, 6.07) is 8.66. The molecule has 5 nitrogen and oxygen atoms in total. The number of aromatic hydroxyl groups is 2. The molecule has 0 aliphatic heterocycles. The fourth-order valence-electron chi connectivity index (χ4n) is 2.12. The minimum absolute atomic E-state index is 0.166. The van der Waals surface area contributed by atoms with E-state index in [1.165, 1.54) is 24.3 Å². The van der Waals surface area contributed by atoms with Crippen molar-refractivity contribution in [3.8, 4) is 11.5 Å². The van der Waals surface area contributed by atoms with Gasteiger partial charge in [0.1, 0.15) is 5.82 Å². The Morgan fingerprint density at radius 3 is 2.48 bits per heavy atom. The fraction of sp³-hybridized carbons (Fsp3) is 0.235. The van der Waals surface area contributed by atoms with Gasteiger partial charge in [0, 0.05) is 24.2 Å². The van der Waals surface area contributed by atoms with Gasteiger partial charge >= 0.3 is 0 Å². The lowest BCUT2D eigenvalue weighted by molar-refractivity contribution is 0.0950.